The summed E-state index contributed by atoms with van der Waals surface area (Å²) in [5.41, 5.74) is 3.62. The Morgan fingerprint density at radius 1 is 1.21 bits per heavy atom. The van der Waals surface area contributed by atoms with E-state index in [9.17, 15) is 10.1 Å². The number of fused-ring (bicyclic) bond motifs is 1. The molecular weight excluding hydrogens is 362 g/mol. The number of hydrogen-bond donors (Lipinski definition) is 1. The lowest BCUT2D eigenvalue weighted by Gasteiger charge is -2.07. The molecule has 5 nitrogen and oxygen atoms in total. The van der Waals surface area contributed by atoms with E-state index in [0.29, 0.717) is 23.5 Å². The van der Waals surface area contributed by atoms with Gasteiger partial charge in [-0.25, -0.2) is 0 Å². The smallest absolute Gasteiger partial charge is 0.226 e. The summed E-state index contributed by atoms with van der Waals surface area (Å²) < 4.78 is 7.35. The first-order chi connectivity index (χ1) is 14.0. The van der Waals surface area contributed by atoms with Gasteiger partial charge in [0.1, 0.15) is 17.5 Å². The lowest BCUT2D eigenvalue weighted by Crippen LogP contribution is -2.17. The van der Waals surface area contributed by atoms with Crippen molar-refractivity contribution < 1.29 is 9.53 Å². The van der Waals surface area contributed by atoms with E-state index in [2.05, 4.69) is 23.2 Å². The van der Waals surface area contributed by atoms with Crippen LogP contribution in [0.4, 0.5) is 5.69 Å². The molecule has 0 saturated carbocycles. The summed E-state index contributed by atoms with van der Waals surface area (Å²) in [6, 6.07) is 15.4. The van der Waals surface area contributed by atoms with Crippen molar-refractivity contribution in [1.29, 1.82) is 5.26 Å². The molecule has 3 rings (SSSR count). The molecule has 3 aromatic rings. The summed E-state index contributed by atoms with van der Waals surface area (Å²) >= 11 is 0. The number of nitrogens with one attached hydrogen (secondary N) is 1. The first kappa shape index (κ1) is 20.0. The van der Waals surface area contributed by atoms with Crippen LogP contribution in [0.1, 0.15) is 37.6 Å². The van der Waals surface area contributed by atoms with E-state index in [1.807, 2.05) is 67.8 Å². The number of carbonyl (C=O) groups is 1. The lowest BCUT2D eigenvalue weighted by atomic mass is 10.1. The van der Waals surface area contributed by atoms with E-state index < -0.39 is 0 Å². The van der Waals surface area contributed by atoms with Gasteiger partial charge in [-0.2, -0.15) is 5.26 Å². The van der Waals surface area contributed by atoms with Crippen LogP contribution >= 0.6 is 0 Å². The molecule has 0 atom stereocenters. The van der Waals surface area contributed by atoms with E-state index in [1.165, 1.54) is 0 Å². The minimum atomic E-state index is -0.0971. The van der Waals surface area contributed by atoms with Gasteiger partial charge in [-0.15, -0.1) is 0 Å². The molecule has 0 aliphatic rings. The second-order valence-electron chi connectivity index (χ2n) is 6.94. The molecule has 1 amide bonds. The third-order valence-electron chi connectivity index (χ3n) is 4.68. The molecule has 0 unspecified atom stereocenters. The number of aromatic nitrogens is 1. The van der Waals surface area contributed by atoms with Crippen LogP contribution < -0.4 is 10.1 Å². The summed E-state index contributed by atoms with van der Waals surface area (Å²) in [5.74, 6) is 6.91. The van der Waals surface area contributed by atoms with Gasteiger partial charge in [0.15, 0.2) is 0 Å². The number of benzene rings is 2. The van der Waals surface area contributed by atoms with Gasteiger partial charge >= 0.3 is 0 Å². The average molecular weight is 385 g/mol. The van der Waals surface area contributed by atoms with Crippen LogP contribution in [0.2, 0.25) is 0 Å². The molecule has 0 radical (unpaired) electrons. The Morgan fingerprint density at radius 2 is 2.00 bits per heavy atom. The lowest BCUT2D eigenvalue weighted by molar-refractivity contribution is -0.118. The molecule has 0 bridgehead atoms. The van der Waals surface area contributed by atoms with E-state index in [-0.39, 0.29) is 11.8 Å². The molecule has 1 N–H and O–H groups in total. The number of methoxy groups -OCH3 is 1. The van der Waals surface area contributed by atoms with Crippen molar-refractivity contribution in [3.63, 3.8) is 0 Å². The molecule has 0 saturated heterocycles. The first-order valence-corrected chi connectivity index (χ1v) is 9.51. The van der Waals surface area contributed by atoms with Gasteiger partial charge in [-0.1, -0.05) is 25.8 Å². The first-order valence-electron chi connectivity index (χ1n) is 9.51. The second-order valence-corrected chi connectivity index (χ2v) is 6.94. The zero-order valence-corrected chi connectivity index (χ0v) is 17.0. The van der Waals surface area contributed by atoms with E-state index >= 15 is 0 Å². The molecule has 0 aliphatic heterocycles. The molecule has 1 aromatic heterocycles. The Morgan fingerprint density at radius 3 is 2.66 bits per heavy atom. The normalized spacial score (nSPS) is 10.3. The van der Waals surface area contributed by atoms with Crippen LogP contribution in [0.25, 0.3) is 10.9 Å². The Hall–Kier alpha value is -3.70. The molecular formula is C24H23N3O2. The predicted molar refractivity (Wildman–Crippen MR) is 115 cm³/mol. The van der Waals surface area contributed by atoms with Crippen molar-refractivity contribution in [3.05, 3.63) is 59.3 Å². The maximum absolute atomic E-state index is 11.9. The van der Waals surface area contributed by atoms with Crippen molar-refractivity contribution >= 4 is 22.5 Å². The summed E-state index contributed by atoms with van der Waals surface area (Å²) in [6.07, 6.45) is 0. The Bertz CT molecular complexity index is 1170. The summed E-state index contributed by atoms with van der Waals surface area (Å²) in [6.45, 7) is 6.40. The summed E-state index contributed by atoms with van der Waals surface area (Å²) in [4.78, 5) is 11.9. The fourth-order valence-electron chi connectivity index (χ4n) is 3.12. The van der Waals surface area contributed by atoms with Gasteiger partial charge in [-0.05, 0) is 43.2 Å². The number of nitrogens with zero attached hydrogens (tertiary/aromatic N) is 2. The molecule has 0 aliphatic carbocycles. The summed E-state index contributed by atoms with van der Waals surface area (Å²) in [7, 11) is 1.62. The summed E-state index contributed by atoms with van der Waals surface area (Å²) in [5, 5.41) is 13.5. The highest BCUT2D eigenvalue weighted by Gasteiger charge is 2.15. The van der Waals surface area contributed by atoms with Crippen LogP contribution in [-0.4, -0.2) is 17.6 Å². The van der Waals surface area contributed by atoms with Gasteiger partial charge in [0.25, 0.3) is 0 Å². The van der Waals surface area contributed by atoms with Crippen molar-refractivity contribution in [3.8, 4) is 23.7 Å². The number of carbonyl (C=O) groups excluding carboxylic acids is 1. The predicted octanol–water partition coefficient (Wildman–Crippen LogP) is 4.54. The molecule has 0 fully saturated rings. The second kappa shape index (κ2) is 8.54. The van der Waals surface area contributed by atoms with Crippen molar-refractivity contribution in [2.45, 2.75) is 27.3 Å². The van der Waals surface area contributed by atoms with E-state index in [1.54, 1.807) is 7.11 Å². The number of nitriles is 1. The number of hydrogen-bond acceptors (Lipinski definition) is 3. The number of ether oxygens (including phenoxy) is 1. The van der Waals surface area contributed by atoms with E-state index in [4.69, 9.17) is 4.74 Å². The molecule has 29 heavy (non-hydrogen) atoms. The number of rotatable bonds is 4. The SMILES string of the molecule is CCn1c(C#Cc2cccc(NC(=O)C(C)C)c2)c(C#N)c2ccc(OC)cc21. The molecule has 5 heteroatoms. The van der Waals surface area contributed by atoms with Crippen molar-refractivity contribution in [2.24, 2.45) is 5.92 Å². The van der Waals surface area contributed by atoms with Crippen LogP contribution in [0.5, 0.6) is 5.75 Å². The van der Waals surface area contributed by atoms with Gasteiger partial charge < -0.3 is 14.6 Å². The van der Waals surface area contributed by atoms with Gasteiger partial charge in [0, 0.05) is 35.2 Å². The molecule has 1 heterocycles. The average Bonchev–Trinajstić information content (AvgIpc) is 3.03. The number of anilines is 1. The van der Waals surface area contributed by atoms with Crippen molar-refractivity contribution in [1.82, 2.24) is 4.57 Å². The third kappa shape index (κ3) is 4.10. The maximum Gasteiger partial charge on any atom is 0.226 e. The van der Waals surface area contributed by atoms with Crippen molar-refractivity contribution in [2.75, 3.05) is 12.4 Å². The highest BCUT2D eigenvalue weighted by atomic mass is 16.5. The van der Waals surface area contributed by atoms with Crippen LogP contribution in [0, 0.1) is 29.1 Å². The van der Waals surface area contributed by atoms with Gasteiger partial charge in [0.2, 0.25) is 5.91 Å². The Labute approximate surface area is 170 Å². The number of amides is 1. The van der Waals surface area contributed by atoms with Gasteiger partial charge in [0.05, 0.1) is 18.2 Å². The highest BCUT2D eigenvalue weighted by Crippen LogP contribution is 2.29. The van der Waals surface area contributed by atoms with Gasteiger partial charge in [-0.3, -0.25) is 4.79 Å². The van der Waals surface area contributed by atoms with Crippen LogP contribution in [0.15, 0.2) is 42.5 Å². The number of aryl methyl sites for hydroxylation is 1. The fraction of sp³-hybridized carbons (Fsp3) is 0.250. The quantitative estimate of drug-likeness (QED) is 0.671. The standard InChI is InChI=1S/C24H23N3O2/c1-5-27-22(21(15-25)20-11-10-19(29-4)14-23(20)27)12-9-17-7-6-8-18(13-17)26-24(28)16(2)3/h6-8,10-11,13-14,16H,5H2,1-4H3,(H,26,28). The largest absolute Gasteiger partial charge is 0.497 e. The third-order valence-corrected chi connectivity index (χ3v) is 4.68. The van der Waals surface area contributed by atoms with E-state index in [0.717, 1.165) is 22.2 Å². The van der Waals surface area contributed by atoms with Crippen LogP contribution in [0.3, 0.4) is 0 Å². The topological polar surface area (TPSA) is 67.0 Å². The fourth-order valence-corrected chi connectivity index (χ4v) is 3.12. The zero-order valence-electron chi connectivity index (χ0n) is 17.0. The highest BCUT2D eigenvalue weighted by molar-refractivity contribution is 5.92. The van der Waals surface area contributed by atoms with Crippen LogP contribution in [-0.2, 0) is 11.3 Å². The molecule has 0 spiro atoms. The Balaban J connectivity index is 2.05. The maximum atomic E-state index is 11.9. The monoisotopic (exact) mass is 385 g/mol. The minimum Gasteiger partial charge on any atom is -0.497 e. The molecule has 146 valence electrons. The minimum absolute atomic E-state index is 0.0399. The zero-order chi connectivity index (χ0) is 21.0. The molecule has 2 aromatic carbocycles. The Kier molecular flexibility index (Phi) is 5.90.